The van der Waals surface area contributed by atoms with Crippen LogP contribution in [0.3, 0.4) is 0 Å². The molecule has 6 heteroatoms. The molecule has 1 rings (SSSR count). The predicted octanol–water partition coefficient (Wildman–Crippen LogP) is 1.14. The maximum absolute atomic E-state index is 11.4. The molecule has 0 saturated carbocycles. The van der Waals surface area contributed by atoms with Crippen molar-refractivity contribution in [1.82, 2.24) is 4.98 Å². The highest BCUT2D eigenvalue weighted by Crippen LogP contribution is 2.08. The molecule has 0 aromatic carbocycles. The van der Waals surface area contributed by atoms with Gasteiger partial charge in [0.2, 0.25) is 5.91 Å². The highest BCUT2D eigenvalue weighted by Gasteiger charge is 2.07. The van der Waals surface area contributed by atoms with Crippen LogP contribution in [-0.2, 0) is 9.53 Å². The van der Waals surface area contributed by atoms with Crippen molar-refractivity contribution in [3.05, 3.63) is 24.0 Å². The van der Waals surface area contributed by atoms with Gasteiger partial charge in [0.15, 0.2) is 0 Å². The molecule has 1 aromatic heterocycles. The summed E-state index contributed by atoms with van der Waals surface area (Å²) in [5, 5.41) is 11.3. The van der Waals surface area contributed by atoms with E-state index in [0.29, 0.717) is 18.9 Å². The number of nitrogens with one attached hydrogen (secondary N) is 1. The maximum atomic E-state index is 11.4. The van der Waals surface area contributed by atoms with Gasteiger partial charge in [-0.05, 0) is 19.1 Å². The molecule has 0 aliphatic heterocycles. The third-order valence-corrected chi connectivity index (χ3v) is 1.94. The molecular formula is C11H14N2O4. The van der Waals surface area contributed by atoms with Crippen molar-refractivity contribution >= 4 is 17.6 Å². The van der Waals surface area contributed by atoms with Gasteiger partial charge in [0, 0.05) is 18.5 Å². The number of ether oxygens (including phenoxy) is 1. The van der Waals surface area contributed by atoms with Crippen LogP contribution in [0, 0.1) is 0 Å². The quantitative estimate of drug-likeness (QED) is 0.725. The zero-order valence-corrected chi connectivity index (χ0v) is 9.47. The summed E-state index contributed by atoms with van der Waals surface area (Å²) in [7, 11) is 0. The molecule has 0 radical (unpaired) electrons. The smallest absolute Gasteiger partial charge is 0.354 e. The summed E-state index contributed by atoms with van der Waals surface area (Å²) in [5.74, 6) is -1.35. The van der Waals surface area contributed by atoms with Gasteiger partial charge in [0.25, 0.3) is 0 Å². The second-order valence-electron chi connectivity index (χ2n) is 3.23. The molecule has 2 N–H and O–H groups in total. The van der Waals surface area contributed by atoms with Crippen molar-refractivity contribution in [3.63, 3.8) is 0 Å². The lowest BCUT2D eigenvalue weighted by Crippen LogP contribution is -2.14. The van der Waals surface area contributed by atoms with Crippen LogP contribution in [0.25, 0.3) is 0 Å². The first kappa shape index (κ1) is 13.1. The lowest BCUT2D eigenvalue weighted by Gasteiger charge is -2.05. The van der Waals surface area contributed by atoms with Gasteiger partial charge in [-0.1, -0.05) is 0 Å². The van der Waals surface area contributed by atoms with Crippen molar-refractivity contribution < 1.29 is 19.4 Å². The fourth-order valence-electron chi connectivity index (χ4n) is 1.16. The zero-order valence-electron chi connectivity index (χ0n) is 9.47. The molecular weight excluding hydrogens is 224 g/mol. The van der Waals surface area contributed by atoms with Gasteiger partial charge >= 0.3 is 5.97 Å². The fraction of sp³-hybridized carbons (Fsp3) is 0.364. The van der Waals surface area contributed by atoms with Crippen LogP contribution in [0.5, 0.6) is 0 Å². The summed E-state index contributed by atoms with van der Waals surface area (Å²) in [6.45, 7) is 2.75. The van der Waals surface area contributed by atoms with E-state index in [-0.39, 0.29) is 18.0 Å². The molecule has 0 fully saturated rings. The summed E-state index contributed by atoms with van der Waals surface area (Å²) in [6.07, 6.45) is 1.57. The average Bonchev–Trinajstić information content (AvgIpc) is 2.29. The summed E-state index contributed by atoms with van der Waals surface area (Å²) in [6, 6.07) is 2.84. The summed E-state index contributed by atoms with van der Waals surface area (Å²) in [4.78, 5) is 25.7. The second-order valence-corrected chi connectivity index (χ2v) is 3.23. The second kappa shape index (κ2) is 6.59. The van der Waals surface area contributed by atoms with Crippen LogP contribution < -0.4 is 5.32 Å². The Morgan fingerprint density at radius 3 is 2.94 bits per heavy atom. The van der Waals surface area contributed by atoms with Gasteiger partial charge < -0.3 is 15.2 Å². The number of carboxylic acid groups (broad SMARTS) is 1. The number of aromatic carboxylic acids is 1. The standard InChI is InChI=1S/C11H14N2O4/c1-2-17-6-4-10(14)13-8-3-5-12-9(7-8)11(15)16/h3,5,7H,2,4,6H2,1H3,(H,15,16)(H,12,13,14). The van der Waals surface area contributed by atoms with E-state index in [0.717, 1.165) is 0 Å². The summed E-state index contributed by atoms with van der Waals surface area (Å²) >= 11 is 0. The average molecular weight is 238 g/mol. The number of carbonyl (C=O) groups excluding carboxylic acids is 1. The van der Waals surface area contributed by atoms with Gasteiger partial charge in [-0.25, -0.2) is 9.78 Å². The highest BCUT2D eigenvalue weighted by atomic mass is 16.5. The number of carboxylic acids is 1. The first-order valence-corrected chi connectivity index (χ1v) is 5.20. The number of nitrogens with zero attached hydrogens (tertiary/aromatic N) is 1. The molecule has 0 unspecified atom stereocenters. The minimum absolute atomic E-state index is 0.104. The number of hydrogen-bond donors (Lipinski definition) is 2. The molecule has 0 saturated heterocycles. The van der Waals surface area contributed by atoms with E-state index in [1.807, 2.05) is 6.92 Å². The minimum atomic E-state index is -1.13. The Labute approximate surface area is 98.6 Å². The molecule has 0 spiro atoms. The van der Waals surface area contributed by atoms with Crippen molar-refractivity contribution in [2.75, 3.05) is 18.5 Å². The van der Waals surface area contributed by atoms with Crippen LogP contribution >= 0.6 is 0 Å². The molecule has 1 amide bonds. The SMILES string of the molecule is CCOCCC(=O)Nc1ccnc(C(=O)O)c1. The third kappa shape index (κ3) is 4.60. The van der Waals surface area contributed by atoms with Crippen molar-refractivity contribution in [2.24, 2.45) is 0 Å². The topological polar surface area (TPSA) is 88.5 Å². The third-order valence-electron chi connectivity index (χ3n) is 1.94. The molecule has 0 aliphatic carbocycles. The van der Waals surface area contributed by atoms with Crippen LogP contribution in [0.1, 0.15) is 23.8 Å². The Balaban J connectivity index is 2.53. The Morgan fingerprint density at radius 1 is 1.53 bits per heavy atom. The normalized spacial score (nSPS) is 9.94. The Bertz CT molecular complexity index is 406. The van der Waals surface area contributed by atoms with Crippen LogP contribution in [0.15, 0.2) is 18.3 Å². The molecule has 1 heterocycles. The van der Waals surface area contributed by atoms with E-state index in [1.54, 1.807) is 0 Å². The van der Waals surface area contributed by atoms with E-state index in [2.05, 4.69) is 10.3 Å². The lowest BCUT2D eigenvalue weighted by molar-refractivity contribution is -0.117. The van der Waals surface area contributed by atoms with Crippen molar-refractivity contribution in [1.29, 1.82) is 0 Å². The monoisotopic (exact) mass is 238 g/mol. The number of amides is 1. The van der Waals surface area contributed by atoms with E-state index in [9.17, 15) is 9.59 Å². The first-order valence-electron chi connectivity index (χ1n) is 5.20. The van der Waals surface area contributed by atoms with Crippen molar-refractivity contribution in [3.8, 4) is 0 Å². The molecule has 0 bridgehead atoms. The predicted molar refractivity (Wildman–Crippen MR) is 60.9 cm³/mol. The van der Waals surface area contributed by atoms with E-state index in [1.165, 1.54) is 18.3 Å². The Kier molecular flexibility index (Phi) is 5.09. The van der Waals surface area contributed by atoms with Crippen LogP contribution in [0.4, 0.5) is 5.69 Å². The first-order chi connectivity index (χ1) is 8.13. The number of rotatable bonds is 6. The van der Waals surface area contributed by atoms with Gasteiger partial charge in [0.05, 0.1) is 13.0 Å². The van der Waals surface area contributed by atoms with E-state index < -0.39 is 5.97 Å². The zero-order chi connectivity index (χ0) is 12.7. The molecule has 1 aromatic rings. The Hall–Kier alpha value is -1.95. The van der Waals surface area contributed by atoms with Crippen molar-refractivity contribution in [2.45, 2.75) is 13.3 Å². The number of anilines is 1. The van der Waals surface area contributed by atoms with Gasteiger partial charge in [-0.3, -0.25) is 4.79 Å². The summed E-state index contributed by atoms with van der Waals surface area (Å²) in [5.41, 5.74) is 0.312. The van der Waals surface area contributed by atoms with E-state index >= 15 is 0 Å². The summed E-state index contributed by atoms with van der Waals surface area (Å²) < 4.78 is 5.04. The van der Waals surface area contributed by atoms with Crippen LogP contribution in [-0.4, -0.2) is 35.2 Å². The molecule has 92 valence electrons. The van der Waals surface area contributed by atoms with E-state index in [4.69, 9.17) is 9.84 Å². The van der Waals surface area contributed by atoms with Crippen LogP contribution in [0.2, 0.25) is 0 Å². The Morgan fingerprint density at radius 2 is 2.29 bits per heavy atom. The maximum Gasteiger partial charge on any atom is 0.354 e. The van der Waals surface area contributed by atoms with Gasteiger partial charge in [-0.15, -0.1) is 0 Å². The molecule has 17 heavy (non-hydrogen) atoms. The highest BCUT2D eigenvalue weighted by molar-refractivity contribution is 5.92. The minimum Gasteiger partial charge on any atom is -0.477 e. The number of hydrogen-bond acceptors (Lipinski definition) is 4. The number of pyridine rings is 1. The van der Waals surface area contributed by atoms with Gasteiger partial charge in [0.1, 0.15) is 5.69 Å². The number of carbonyl (C=O) groups is 2. The fourth-order valence-corrected chi connectivity index (χ4v) is 1.16. The number of aromatic nitrogens is 1. The lowest BCUT2D eigenvalue weighted by atomic mass is 10.3. The van der Waals surface area contributed by atoms with Gasteiger partial charge in [-0.2, -0.15) is 0 Å². The molecule has 6 nitrogen and oxygen atoms in total. The molecule has 0 atom stereocenters. The molecule has 0 aliphatic rings. The largest absolute Gasteiger partial charge is 0.477 e.